The Hall–Kier alpha value is -2.66. The average molecular weight is 499 g/mol. The highest BCUT2D eigenvalue weighted by Crippen LogP contribution is 2.40. The molecule has 2 heterocycles. The number of hydrogen-bond acceptors (Lipinski definition) is 8. The molecule has 3 aromatic rings. The summed E-state index contributed by atoms with van der Waals surface area (Å²) < 4.78 is 11.7. The molecule has 1 aliphatic heterocycles. The van der Waals surface area contributed by atoms with Gasteiger partial charge in [0, 0.05) is 29.8 Å². The van der Waals surface area contributed by atoms with Gasteiger partial charge in [0.1, 0.15) is 5.56 Å². The Morgan fingerprint density at radius 2 is 1.94 bits per heavy atom. The molecule has 0 aliphatic carbocycles. The van der Waals surface area contributed by atoms with E-state index in [4.69, 9.17) is 21.1 Å². The molecule has 2 aromatic carbocycles. The number of amides is 1. The topological polar surface area (TPSA) is 98.0 Å². The van der Waals surface area contributed by atoms with Crippen molar-refractivity contribution >= 4 is 62.3 Å². The van der Waals surface area contributed by atoms with Crippen LogP contribution in [0.5, 0.6) is 11.5 Å². The van der Waals surface area contributed by atoms with E-state index in [-0.39, 0.29) is 35.5 Å². The summed E-state index contributed by atoms with van der Waals surface area (Å²) in [6.45, 7) is 1.24. The lowest BCUT2D eigenvalue weighted by molar-refractivity contribution is -0.385. The molecule has 0 atom stereocenters. The molecule has 32 heavy (non-hydrogen) atoms. The first-order valence-corrected chi connectivity index (χ1v) is 10.6. The van der Waals surface area contributed by atoms with E-state index in [2.05, 4.69) is 4.98 Å². The molecule has 0 N–H and O–H groups in total. The highest BCUT2D eigenvalue weighted by molar-refractivity contribution is 7.22. The molecule has 0 unspecified atom stereocenters. The summed E-state index contributed by atoms with van der Waals surface area (Å²) in [5.74, 6) is 0.700. The van der Waals surface area contributed by atoms with E-state index in [1.807, 2.05) is 25.1 Å². The molecule has 170 valence electrons. The molecule has 0 fully saturated rings. The minimum Gasteiger partial charge on any atom is -0.454 e. The Morgan fingerprint density at radius 1 is 1.22 bits per heavy atom. The molecule has 1 amide bonds. The number of nitro benzene ring substituents is 1. The highest BCUT2D eigenvalue weighted by Gasteiger charge is 2.28. The fourth-order valence-electron chi connectivity index (χ4n) is 3.23. The van der Waals surface area contributed by atoms with E-state index in [0.717, 1.165) is 11.2 Å². The van der Waals surface area contributed by atoms with Crippen LogP contribution in [-0.4, -0.2) is 54.7 Å². The number of benzene rings is 2. The number of carbonyl (C=O) groups excluding carboxylic acids is 1. The molecule has 12 heteroatoms. The van der Waals surface area contributed by atoms with Gasteiger partial charge in [-0.25, -0.2) is 4.98 Å². The monoisotopic (exact) mass is 498 g/mol. The van der Waals surface area contributed by atoms with Gasteiger partial charge in [0.2, 0.25) is 6.79 Å². The molecule has 9 nitrogen and oxygen atoms in total. The second-order valence-corrected chi connectivity index (χ2v) is 8.65. The summed E-state index contributed by atoms with van der Waals surface area (Å²) in [6.07, 6.45) is 0.658. The van der Waals surface area contributed by atoms with Crippen LogP contribution in [-0.2, 0) is 0 Å². The van der Waals surface area contributed by atoms with Crippen molar-refractivity contribution in [2.24, 2.45) is 0 Å². The van der Waals surface area contributed by atoms with Crippen LogP contribution >= 0.6 is 35.3 Å². The third-order valence-electron chi connectivity index (χ3n) is 4.72. The van der Waals surface area contributed by atoms with Crippen LogP contribution in [0.1, 0.15) is 16.8 Å². The first kappa shape index (κ1) is 24.0. The summed E-state index contributed by atoms with van der Waals surface area (Å²) >= 11 is 7.36. The average Bonchev–Trinajstić information content (AvgIpc) is 3.33. The van der Waals surface area contributed by atoms with Crippen molar-refractivity contribution in [2.75, 3.05) is 38.9 Å². The van der Waals surface area contributed by atoms with Gasteiger partial charge in [0.25, 0.3) is 11.6 Å². The molecular formula is C20H20Cl2N4O5S. The van der Waals surface area contributed by atoms with Crippen LogP contribution in [0.15, 0.2) is 30.3 Å². The van der Waals surface area contributed by atoms with Gasteiger partial charge in [0.15, 0.2) is 16.6 Å². The fourth-order valence-corrected chi connectivity index (χ4v) is 4.41. The molecule has 4 rings (SSSR count). The molecule has 0 saturated heterocycles. The van der Waals surface area contributed by atoms with Crippen LogP contribution in [0.3, 0.4) is 0 Å². The summed E-state index contributed by atoms with van der Waals surface area (Å²) in [6, 6.07) is 7.55. The number of anilines is 1. The zero-order valence-corrected chi connectivity index (χ0v) is 19.6. The number of thiazole rings is 1. The van der Waals surface area contributed by atoms with E-state index in [1.54, 1.807) is 6.07 Å². The lowest BCUT2D eigenvalue weighted by Crippen LogP contribution is -2.33. The molecule has 0 bridgehead atoms. The second kappa shape index (κ2) is 9.86. The Morgan fingerprint density at radius 3 is 2.62 bits per heavy atom. The van der Waals surface area contributed by atoms with E-state index < -0.39 is 10.8 Å². The summed E-state index contributed by atoms with van der Waals surface area (Å²) in [7, 11) is 3.88. The zero-order chi connectivity index (χ0) is 22.1. The van der Waals surface area contributed by atoms with E-state index in [9.17, 15) is 14.9 Å². The van der Waals surface area contributed by atoms with Crippen LogP contribution < -0.4 is 14.4 Å². The maximum atomic E-state index is 13.4. The number of carbonyl (C=O) groups is 1. The van der Waals surface area contributed by atoms with Crippen LogP contribution in [0, 0.1) is 10.1 Å². The SMILES string of the molecule is CN(C)CCCN(C(=O)c1cc(Cl)ccc1[N+](=O)[O-])c1nc2cc3c(cc2s1)OCO3.Cl. The maximum Gasteiger partial charge on any atom is 0.282 e. The van der Waals surface area contributed by atoms with Crippen molar-refractivity contribution in [3.8, 4) is 11.5 Å². The number of halogens is 2. The van der Waals surface area contributed by atoms with Gasteiger partial charge in [-0.1, -0.05) is 22.9 Å². The lowest BCUT2D eigenvalue weighted by atomic mass is 10.1. The second-order valence-electron chi connectivity index (χ2n) is 7.20. The number of hydrogen-bond donors (Lipinski definition) is 0. The zero-order valence-electron chi connectivity index (χ0n) is 17.2. The molecule has 0 radical (unpaired) electrons. The van der Waals surface area contributed by atoms with Gasteiger partial charge in [0.05, 0.1) is 15.1 Å². The van der Waals surface area contributed by atoms with E-state index >= 15 is 0 Å². The smallest absolute Gasteiger partial charge is 0.282 e. The molecule has 0 spiro atoms. The summed E-state index contributed by atoms with van der Waals surface area (Å²) in [5.41, 5.74) is 0.292. The van der Waals surface area contributed by atoms with Crippen LogP contribution in [0.2, 0.25) is 5.02 Å². The van der Waals surface area contributed by atoms with Gasteiger partial charge in [-0.3, -0.25) is 19.8 Å². The first-order valence-electron chi connectivity index (χ1n) is 9.44. The predicted molar refractivity (Wildman–Crippen MR) is 126 cm³/mol. The summed E-state index contributed by atoms with van der Waals surface area (Å²) in [5, 5.41) is 12.2. The number of nitro groups is 1. The van der Waals surface area contributed by atoms with Gasteiger partial charge < -0.3 is 14.4 Å². The van der Waals surface area contributed by atoms with Crippen molar-refractivity contribution in [1.82, 2.24) is 9.88 Å². The van der Waals surface area contributed by atoms with E-state index in [1.165, 1.54) is 34.4 Å². The van der Waals surface area contributed by atoms with E-state index in [0.29, 0.717) is 35.1 Å². The fraction of sp³-hybridized carbons (Fsp3) is 0.300. The van der Waals surface area contributed by atoms with Crippen LogP contribution in [0.25, 0.3) is 10.2 Å². The molecule has 1 aliphatic rings. The van der Waals surface area contributed by atoms with Gasteiger partial charge >= 0.3 is 0 Å². The van der Waals surface area contributed by atoms with Gasteiger partial charge in [-0.05, 0) is 39.2 Å². The predicted octanol–water partition coefficient (Wildman–Crippen LogP) is 4.61. The Kier molecular flexibility index (Phi) is 7.40. The summed E-state index contributed by atoms with van der Waals surface area (Å²) in [4.78, 5) is 32.4. The van der Waals surface area contributed by atoms with Crippen molar-refractivity contribution < 1.29 is 19.2 Å². The third kappa shape index (κ3) is 4.88. The quantitative estimate of drug-likeness (QED) is 0.346. The number of aromatic nitrogens is 1. The van der Waals surface area contributed by atoms with Gasteiger partial charge in [-0.15, -0.1) is 12.4 Å². The van der Waals surface area contributed by atoms with Crippen molar-refractivity contribution in [3.05, 3.63) is 51.0 Å². The van der Waals surface area contributed by atoms with Crippen LogP contribution in [0.4, 0.5) is 10.8 Å². The Bertz CT molecular complexity index is 1130. The highest BCUT2D eigenvalue weighted by atomic mass is 35.5. The normalized spacial score (nSPS) is 12.1. The number of ether oxygens (including phenoxy) is 2. The number of rotatable bonds is 7. The minimum absolute atomic E-state index is 0. The molecular weight excluding hydrogens is 479 g/mol. The third-order valence-corrected chi connectivity index (χ3v) is 6.00. The number of nitrogens with zero attached hydrogens (tertiary/aromatic N) is 4. The Balaban J connectivity index is 0.00000289. The number of fused-ring (bicyclic) bond motifs is 2. The minimum atomic E-state index is -0.584. The lowest BCUT2D eigenvalue weighted by Gasteiger charge is -2.21. The standard InChI is InChI=1S/C20H19ClN4O5S.ClH/c1-23(2)6-3-7-24(19(26)13-8-12(21)4-5-15(13)25(27)28)20-22-14-9-16-17(30-11-29-16)10-18(14)31-20;/h4-5,8-10H,3,6-7,11H2,1-2H3;1H. The largest absolute Gasteiger partial charge is 0.454 e. The first-order chi connectivity index (χ1) is 14.8. The van der Waals surface area contributed by atoms with Crippen molar-refractivity contribution in [2.45, 2.75) is 6.42 Å². The molecule has 0 saturated carbocycles. The molecule has 1 aromatic heterocycles. The van der Waals surface area contributed by atoms with Crippen molar-refractivity contribution in [3.63, 3.8) is 0 Å². The van der Waals surface area contributed by atoms with Gasteiger partial charge in [-0.2, -0.15) is 0 Å². The maximum absolute atomic E-state index is 13.4. The van der Waals surface area contributed by atoms with Crippen molar-refractivity contribution in [1.29, 1.82) is 0 Å². The Labute approximate surface area is 199 Å².